The lowest BCUT2D eigenvalue weighted by atomic mass is 10.00. The lowest BCUT2D eigenvalue weighted by molar-refractivity contribution is 1.07. The van der Waals surface area contributed by atoms with E-state index in [4.69, 9.17) is 15.0 Å². The molecule has 222 valence electrons. The van der Waals surface area contributed by atoms with Gasteiger partial charge in [-0.3, -0.25) is 0 Å². The second-order valence-electron chi connectivity index (χ2n) is 11.3. The molecule has 0 fully saturated rings. The fourth-order valence-corrected chi connectivity index (χ4v) is 5.96. The molecular formula is C43H30N4. The Hall–Kier alpha value is -6.39. The van der Waals surface area contributed by atoms with E-state index in [1.807, 2.05) is 48.5 Å². The van der Waals surface area contributed by atoms with Gasteiger partial charge in [0.25, 0.3) is 0 Å². The molecule has 4 nitrogen and oxygen atoms in total. The van der Waals surface area contributed by atoms with Crippen LogP contribution >= 0.6 is 0 Å². The van der Waals surface area contributed by atoms with Crippen molar-refractivity contribution in [3.05, 3.63) is 182 Å². The largest absolute Gasteiger partial charge is 0.310 e. The highest BCUT2D eigenvalue weighted by atomic mass is 15.1. The number of rotatable bonds is 7. The van der Waals surface area contributed by atoms with E-state index in [0.29, 0.717) is 17.5 Å². The van der Waals surface area contributed by atoms with Crippen molar-refractivity contribution in [2.45, 2.75) is 0 Å². The Morgan fingerprint density at radius 1 is 0.319 bits per heavy atom. The summed E-state index contributed by atoms with van der Waals surface area (Å²) in [6, 6.07) is 62.7. The molecule has 0 aliphatic carbocycles. The Balaban J connectivity index is 1.26. The van der Waals surface area contributed by atoms with E-state index < -0.39 is 0 Å². The normalized spacial score (nSPS) is 11.0. The van der Waals surface area contributed by atoms with Crippen LogP contribution in [0.5, 0.6) is 0 Å². The smallest absolute Gasteiger partial charge is 0.166 e. The van der Waals surface area contributed by atoms with Crippen molar-refractivity contribution in [1.29, 1.82) is 0 Å². The maximum Gasteiger partial charge on any atom is 0.166 e. The number of fused-ring (bicyclic) bond motifs is 1. The van der Waals surface area contributed by atoms with Gasteiger partial charge in [0.2, 0.25) is 0 Å². The van der Waals surface area contributed by atoms with Gasteiger partial charge >= 0.3 is 0 Å². The average Bonchev–Trinajstić information content (AvgIpc) is 3.16. The first kappa shape index (κ1) is 28.1. The van der Waals surface area contributed by atoms with E-state index in [9.17, 15) is 0 Å². The van der Waals surface area contributed by atoms with Gasteiger partial charge in [-0.25, -0.2) is 15.0 Å². The molecule has 0 amide bonds. The standard InChI is InChI=1S/C43H30N4/c1-4-15-33(16-5-1)41-44-42(34-27-24-32(25-28-34)36-29-26-31-14-10-11-17-35(31)30-36)46-43(45-41)39-22-12-13-23-40(39)47(37-18-6-2-7-19-37)38-20-8-3-9-21-38/h1-30H. The third-order valence-electron chi connectivity index (χ3n) is 8.31. The summed E-state index contributed by atoms with van der Waals surface area (Å²) in [4.78, 5) is 17.4. The lowest BCUT2D eigenvalue weighted by Crippen LogP contribution is -2.12. The summed E-state index contributed by atoms with van der Waals surface area (Å²) in [7, 11) is 0. The summed E-state index contributed by atoms with van der Waals surface area (Å²) in [6.45, 7) is 0. The zero-order chi connectivity index (χ0) is 31.4. The van der Waals surface area contributed by atoms with E-state index in [2.05, 4.69) is 138 Å². The van der Waals surface area contributed by atoms with Crippen molar-refractivity contribution in [3.8, 4) is 45.3 Å². The molecule has 0 saturated carbocycles. The lowest BCUT2D eigenvalue weighted by Gasteiger charge is -2.27. The molecule has 0 unspecified atom stereocenters. The highest BCUT2D eigenvalue weighted by Crippen LogP contribution is 2.40. The molecule has 47 heavy (non-hydrogen) atoms. The van der Waals surface area contributed by atoms with E-state index in [1.54, 1.807) is 0 Å². The summed E-state index contributed by atoms with van der Waals surface area (Å²) in [5, 5.41) is 2.46. The third-order valence-corrected chi connectivity index (χ3v) is 8.31. The fourth-order valence-electron chi connectivity index (χ4n) is 5.96. The number of hydrogen-bond acceptors (Lipinski definition) is 4. The topological polar surface area (TPSA) is 41.9 Å². The molecule has 7 aromatic carbocycles. The van der Waals surface area contributed by atoms with Crippen LogP contribution in [-0.2, 0) is 0 Å². The summed E-state index contributed by atoms with van der Waals surface area (Å²) < 4.78 is 0. The molecule has 1 heterocycles. The van der Waals surface area contributed by atoms with Crippen molar-refractivity contribution in [2.75, 3.05) is 4.90 Å². The monoisotopic (exact) mass is 602 g/mol. The van der Waals surface area contributed by atoms with Crippen LogP contribution in [0.4, 0.5) is 17.1 Å². The zero-order valence-corrected chi connectivity index (χ0v) is 25.6. The first-order valence-electron chi connectivity index (χ1n) is 15.7. The summed E-state index contributed by atoms with van der Waals surface area (Å²) in [5.41, 5.74) is 8.17. The number of benzene rings is 7. The molecule has 0 spiro atoms. The SMILES string of the molecule is c1ccc(-c2nc(-c3ccc(-c4ccc5ccccc5c4)cc3)nc(-c3ccccc3N(c3ccccc3)c3ccccc3)n2)cc1. The first-order valence-corrected chi connectivity index (χ1v) is 15.7. The summed E-state index contributed by atoms with van der Waals surface area (Å²) in [5.74, 6) is 1.87. The van der Waals surface area contributed by atoms with Gasteiger partial charge in [-0.1, -0.05) is 140 Å². The van der Waals surface area contributed by atoms with Gasteiger partial charge in [0.15, 0.2) is 17.5 Å². The Morgan fingerprint density at radius 3 is 1.45 bits per heavy atom. The molecule has 8 rings (SSSR count). The highest BCUT2D eigenvalue weighted by molar-refractivity contribution is 5.88. The number of hydrogen-bond donors (Lipinski definition) is 0. The molecule has 8 aromatic rings. The van der Waals surface area contributed by atoms with Crippen LogP contribution in [-0.4, -0.2) is 15.0 Å². The molecule has 0 N–H and O–H groups in total. The summed E-state index contributed by atoms with van der Waals surface area (Å²) in [6.07, 6.45) is 0. The number of aromatic nitrogens is 3. The molecule has 1 aromatic heterocycles. The summed E-state index contributed by atoms with van der Waals surface area (Å²) >= 11 is 0. The van der Waals surface area contributed by atoms with Crippen LogP contribution in [0, 0.1) is 0 Å². The zero-order valence-electron chi connectivity index (χ0n) is 25.6. The Morgan fingerprint density at radius 2 is 0.787 bits per heavy atom. The van der Waals surface area contributed by atoms with E-state index in [1.165, 1.54) is 16.3 Å². The Labute approximate surface area is 274 Å². The third kappa shape index (κ3) is 5.76. The van der Waals surface area contributed by atoms with Gasteiger partial charge in [0.1, 0.15) is 0 Å². The molecule has 0 saturated heterocycles. The fraction of sp³-hybridized carbons (Fsp3) is 0. The number of para-hydroxylation sites is 3. The van der Waals surface area contributed by atoms with Crippen LogP contribution < -0.4 is 4.90 Å². The van der Waals surface area contributed by atoms with Crippen LogP contribution in [0.3, 0.4) is 0 Å². The molecular weight excluding hydrogens is 573 g/mol. The van der Waals surface area contributed by atoms with Crippen LogP contribution in [0.25, 0.3) is 56.1 Å². The molecule has 0 aliphatic heterocycles. The molecule has 4 heteroatoms. The second kappa shape index (κ2) is 12.5. The number of anilines is 3. The maximum absolute atomic E-state index is 5.12. The average molecular weight is 603 g/mol. The molecule has 0 radical (unpaired) electrons. The predicted molar refractivity (Wildman–Crippen MR) is 194 cm³/mol. The maximum atomic E-state index is 5.12. The quantitative estimate of drug-likeness (QED) is 0.182. The highest BCUT2D eigenvalue weighted by Gasteiger charge is 2.20. The number of nitrogens with zero attached hydrogens (tertiary/aromatic N) is 4. The second-order valence-corrected chi connectivity index (χ2v) is 11.3. The van der Waals surface area contributed by atoms with Crippen molar-refractivity contribution < 1.29 is 0 Å². The minimum Gasteiger partial charge on any atom is -0.310 e. The van der Waals surface area contributed by atoms with Crippen LogP contribution in [0.2, 0.25) is 0 Å². The minimum atomic E-state index is 0.611. The van der Waals surface area contributed by atoms with E-state index in [-0.39, 0.29) is 0 Å². The molecule has 0 atom stereocenters. The van der Waals surface area contributed by atoms with Gasteiger partial charge in [-0.2, -0.15) is 0 Å². The Bertz CT molecular complexity index is 2240. The first-order chi connectivity index (χ1) is 23.3. The Kier molecular flexibility index (Phi) is 7.50. The van der Waals surface area contributed by atoms with Crippen molar-refractivity contribution in [3.63, 3.8) is 0 Å². The van der Waals surface area contributed by atoms with Gasteiger partial charge in [0.05, 0.1) is 5.69 Å². The molecule has 0 bridgehead atoms. The predicted octanol–water partition coefficient (Wildman–Crippen LogP) is 11.2. The van der Waals surface area contributed by atoms with Gasteiger partial charge in [-0.15, -0.1) is 0 Å². The van der Waals surface area contributed by atoms with E-state index >= 15 is 0 Å². The van der Waals surface area contributed by atoms with E-state index in [0.717, 1.165) is 39.3 Å². The van der Waals surface area contributed by atoms with Crippen molar-refractivity contribution >= 4 is 27.8 Å². The minimum absolute atomic E-state index is 0.611. The van der Waals surface area contributed by atoms with Crippen LogP contribution in [0.1, 0.15) is 0 Å². The van der Waals surface area contributed by atoms with Crippen molar-refractivity contribution in [2.24, 2.45) is 0 Å². The van der Waals surface area contributed by atoms with Gasteiger partial charge in [0, 0.05) is 28.1 Å². The van der Waals surface area contributed by atoms with Crippen molar-refractivity contribution in [1.82, 2.24) is 15.0 Å². The van der Waals surface area contributed by atoms with Gasteiger partial charge in [-0.05, 0) is 64.4 Å². The molecule has 0 aliphatic rings. The van der Waals surface area contributed by atoms with Crippen LogP contribution in [0.15, 0.2) is 182 Å². The van der Waals surface area contributed by atoms with Gasteiger partial charge < -0.3 is 4.90 Å².